The fourth-order valence-corrected chi connectivity index (χ4v) is 7.81. The van der Waals surface area contributed by atoms with Crippen LogP contribution in [0.15, 0.2) is 107 Å². The number of fused-ring (bicyclic) bond motifs is 1. The van der Waals surface area contributed by atoms with Gasteiger partial charge in [-0.2, -0.15) is 0 Å². The third-order valence-corrected chi connectivity index (χ3v) is 10.0. The number of rotatable bonds is 10. The van der Waals surface area contributed by atoms with E-state index in [9.17, 15) is 14.4 Å². The van der Waals surface area contributed by atoms with Crippen LogP contribution in [0.1, 0.15) is 29.7 Å². The molecule has 2 aliphatic heterocycles. The van der Waals surface area contributed by atoms with Crippen LogP contribution in [0.5, 0.6) is 0 Å². The van der Waals surface area contributed by atoms with Crippen molar-refractivity contribution >= 4 is 41.3 Å². The van der Waals surface area contributed by atoms with Gasteiger partial charge < -0.3 is 10.1 Å². The lowest BCUT2D eigenvalue weighted by molar-refractivity contribution is -0.154. The molecule has 6 rings (SSSR count). The minimum Gasteiger partial charge on any atom is -0.448 e. The van der Waals surface area contributed by atoms with Gasteiger partial charge in [0.2, 0.25) is 11.1 Å². The lowest BCUT2D eigenvalue weighted by Crippen LogP contribution is -2.71. The summed E-state index contributed by atoms with van der Waals surface area (Å²) in [5.74, 6) is -0.828. The van der Waals surface area contributed by atoms with Crippen LogP contribution in [-0.2, 0) is 32.6 Å². The molecule has 44 heavy (non-hydrogen) atoms. The molecule has 1 fully saturated rings. The Hall–Kier alpha value is -4.42. The number of amides is 2. The smallest absolute Gasteiger partial charge is 0.356 e. The predicted molar refractivity (Wildman–Crippen MR) is 167 cm³/mol. The highest BCUT2D eigenvalue weighted by Gasteiger charge is 2.56. The molecule has 0 spiro atoms. The van der Waals surface area contributed by atoms with Gasteiger partial charge in [0.25, 0.3) is 5.91 Å². The summed E-state index contributed by atoms with van der Waals surface area (Å²) in [6, 6.07) is 27.6. The molecule has 4 aromatic rings. The molecule has 3 atom stereocenters. The number of carbonyl (C=O) groups is 3. The Bertz CT molecular complexity index is 1640. The Balaban J connectivity index is 1.30. The zero-order valence-corrected chi connectivity index (χ0v) is 25.7. The molecule has 0 radical (unpaired) electrons. The van der Waals surface area contributed by atoms with Gasteiger partial charge >= 0.3 is 5.97 Å². The van der Waals surface area contributed by atoms with E-state index in [-0.39, 0.29) is 29.2 Å². The number of benzene rings is 3. The molecular weight excluding hydrogens is 597 g/mol. The predicted octanol–water partition coefficient (Wildman–Crippen LogP) is 3.92. The molecule has 12 heteroatoms. The standard InChI is InChI=1S/C32H30N6O4S2/c1-20-24(19-43-32-34-35-36-37(32)2)27(31(41)42-28(22-14-8-4-9-15-22)23-16-10-5-11-17-23)38-29(40)26(30(38)44-20)33-25(39)18-21-12-6-3-7-13-21/h3-17,20,26,28,30H,18-19H2,1-2H3,(H,33,39)/t20-,26?,30+/m1/s1. The first kappa shape index (κ1) is 29.6. The average Bonchev–Trinajstić information content (AvgIpc) is 3.46. The highest BCUT2D eigenvalue weighted by molar-refractivity contribution is 8.01. The fraction of sp³-hybridized carbons (Fsp3) is 0.250. The Morgan fingerprint density at radius 2 is 1.59 bits per heavy atom. The van der Waals surface area contributed by atoms with Crippen molar-refractivity contribution in [1.29, 1.82) is 0 Å². The van der Waals surface area contributed by atoms with Gasteiger partial charge in [-0.05, 0) is 39.6 Å². The van der Waals surface area contributed by atoms with E-state index in [0.29, 0.717) is 10.9 Å². The number of nitrogens with one attached hydrogen (secondary N) is 1. The molecular formula is C32H30N6O4S2. The Morgan fingerprint density at radius 1 is 0.977 bits per heavy atom. The van der Waals surface area contributed by atoms with Crippen molar-refractivity contribution in [2.45, 2.75) is 41.3 Å². The van der Waals surface area contributed by atoms with E-state index in [2.05, 4.69) is 20.8 Å². The van der Waals surface area contributed by atoms with Crippen molar-refractivity contribution in [2.24, 2.45) is 7.05 Å². The number of tetrazole rings is 1. The molecule has 1 unspecified atom stereocenters. The van der Waals surface area contributed by atoms with Crippen molar-refractivity contribution in [1.82, 2.24) is 30.4 Å². The summed E-state index contributed by atoms with van der Waals surface area (Å²) < 4.78 is 7.81. The maximum absolute atomic E-state index is 14.2. The second kappa shape index (κ2) is 13.1. The van der Waals surface area contributed by atoms with Gasteiger partial charge in [0.15, 0.2) is 6.10 Å². The minimum absolute atomic E-state index is 0.152. The molecule has 3 aromatic carbocycles. The molecule has 0 bridgehead atoms. The monoisotopic (exact) mass is 626 g/mol. The van der Waals surface area contributed by atoms with Gasteiger partial charge in [0.1, 0.15) is 17.1 Å². The van der Waals surface area contributed by atoms with E-state index >= 15 is 0 Å². The first-order valence-corrected chi connectivity index (χ1v) is 16.0. The topological polar surface area (TPSA) is 119 Å². The van der Waals surface area contributed by atoms with Crippen LogP contribution in [0.4, 0.5) is 0 Å². The zero-order chi connectivity index (χ0) is 30.6. The quantitative estimate of drug-likeness (QED) is 0.159. The van der Waals surface area contributed by atoms with Crippen LogP contribution in [-0.4, -0.2) is 65.3 Å². The SMILES string of the molecule is C[C@H]1S[C@H]2C(NC(=O)Cc3ccccc3)C(=O)N2C(C(=O)OC(c2ccccc2)c2ccccc2)=C1CSc1nnnn1C. The number of ether oxygens (including phenoxy) is 1. The third-order valence-electron chi connectivity index (χ3n) is 7.51. The Kier molecular flexibility index (Phi) is 8.80. The Morgan fingerprint density at radius 3 is 2.18 bits per heavy atom. The van der Waals surface area contributed by atoms with E-state index in [1.807, 2.05) is 97.9 Å². The lowest BCUT2D eigenvalue weighted by Gasteiger charge is -2.51. The molecule has 10 nitrogen and oxygen atoms in total. The first-order chi connectivity index (χ1) is 21.4. The molecule has 224 valence electrons. The summed E-state index contributed by atoms with van der Waals surface area (Å²) in [6.45, 7) is 2.00. The third kappa shape index (κ3) is 6.13. The zero-order valence-electron chi connectivity index (χ0n) is 24.1. The van der Waals surface area contributed by atoms with Gasteiger partial charge in [-0.25, -0.2) is 9.48 Å². The molecule has 1 N–H and O–H groups in total. The van der Waals surface area contributed by atoms with Crippen molar-refractivity contribution in [3.05, 3.63) is 119 Å². The maximum Gasteiger partial charge on any atom is 0.356 e. The summed E-state index contributed by atoms with van der Waals surface area (Å²) in [5, 5.41) is 14.5. The number of hydrogen-bond acceptors (Lipinski definition) is 9. The molecule has 3 heterocycles. The summed E-state index contributed by atoms with van der Waals surface area (Å²) >= 11 is 2.91. The molecule has 1 saturated heterocycles. The summed E-state index contributed by atoms with van der Waals surface area (Å²) in [6.07, 6.45) is -0.526. The number of hydrogen-bond donors (Lipinski definition) is 1. The molecule has 2 aliphatic rings. The van der Waals surface area contributed by atoms with Crippen LogP contribution >= 0.6 is 23.5 Å². The number of aryl methyl sites for hydroxylation is 1. The van der Waals surface area contributed by atoms with Crippen molar-refractivity contribution in [2.75, 3.05) is 5.75 Å². The normalized spacial score (nSPS) is 19.4. The van der Waals surface area contributed by atoms with Gasteiger partial charge in [0.05, 0.1) is 6.42 Å². The van der Waals surface area contributed by atoms with E-state index < -0.39 is 23.5 Å². The largest absolute Gasteiger partial charge is 0.448 e. The number of carbonyl (C=O) groups excluding carboxylic acids is 3. The van der Waals surface area contributed by atoms with Crippen molar-refractivity contribution < 1.29 is 19.1 Å². The van der Waals surface area contributed by atoms with Gasteiger partial charge in [-0.3, -0.25) is 14.5 Å². The van der Waals surface area contributed by atoms with Crippen molar-refractivity contribution in [3.63, 3.8) is 0 Å². The fourth-order valence-electron chi connectivity index (χ4n) is 5.27. The van der Waals surface area contributed by atoms with E-state index in [4.69, 9.17) is 4.74 Å². The van der Waals surface area contributed by atoms with Crippen LogP contribution in [0.2, 0.25) is 0 Å². The van der Waals surface area contributed by atoms with Crippen LogP contribution in [0, 0.1) is 0 Å². The summed E-state index contributed by atoms with van der Waals surface area (Å²) in [4.78, 5) is 42.3. The molecule has 2 amide bonds. The van der Waals surface area contributed by atoms with E-state index in [1.165, 1.54) is 28.4 Å². The number of thioether (sulfide) groups is 2. The lowest BCUT2D eigenvalue weighted by atomic mass is 9.99. The van der Waals surface area contributed by atoms with Crippen molar-refractivity contribution in [3.8, 4) is 0 Å². The number of aromatic nitrogens is 4. The van der Waals surface area contributed by atoms with Crippen LogP contribution in [0.3, 0.4) is 0 Å². The summed E-state index contributed by atoms with van der Waals surface area (Å²) in [7, 11) is 1.74. The van der Waals surface area contributed by atoms with Crippen LogP contribution < -0.4 is 5.32 Å². The number of β-lactam (4-membered cyclic amide) rings is 1. The summed E-state index contributed by atoms with van der Waals surface area (Å²) in [5.41, 5.74) is 3.42. The number of esters is 1. The minimum atomic E-state index is -0.752. The average molecular weight is 627 g/mol. The van der Waals surface area contributed by atoms with Crippen LogP contribution in [0.25, 0.3) is 0 Å². The highest BCUT2D eigenvalue weighted by Crippen LogP contribution is 2.46. The van der Waals surface area contributed by atoms with Gasteiger partial charge in [-0.1, -0.05) is 103 Å². The molecule has 0 saturated carbocycles. The number of nitrogens with zero attached hydrogens (tertiary/aromatic N) is 5. The highest BCUT2D eigenvalue weighted by atomic mass is 32.2. The van der Waals surface area contributed by atoms with Gasteiger partial charge in [-0.15, -0.1) is 16.9 Å². The second-order valence-electron chi connectivity index (χ2n) is 10.4. The van der Waals surface area contributed by atoms with E-state index in [1.54, 1.807) is 11.7 Å². The van der Waals surface area contributed by atoms with E-state index in [0.717, 1.165) is 22.3 Å². The maximum atomic E-state index is 14.2. The molecule has 1 aromatic heterocycles. The molecule has 0 aliphatic carbocycles. The Labute approximate surface area is 263 Å². The van der Waals surface area contributed by atoms with Gasteiger partial charge in [0, 0.05) is 18.1 Å². The first-order valence-electron chi connectivity index (χ1n) is 14.1. The second-order valence-corrected chi connectivity index (χ2v) is 12.8.